The molecule has 8 nitrogen and oxygen atoms in total. The minimum absolute atomic E-state index is 0.169. The number of nitrogens with one attached hydrogen (secondary N) is 3. The van der Waals surface area contributed by atoms with Gasteiger partial charge in [0.25, 0.3) is 11.8 Å². The van der Waals surface area contributed by atoms with Gasteiger partial charge in [0.15, 0.2) is 0 Å². The van der Waals surface area contributed by atoms with Crippen molar-refractivity contribution < 1.29 is 14.4 Å². The van der Waals surface area contributed by atoms with Crippen LogP contribution in [0.5, 0.6) is 0 Å². The lowest BCUT2D eigenvalue weighted by Gasteiger charge is -2.20. The van der Waals surface area contributed by atoms with E-state index in [2.05, 4.69) is 15.6 Å². The Bertz CT molecular complexity index is 581. The Kier molecular flexibility index (Phi) is 2.28. The first-order valence-electron chi connectivity index (χ1n) is 5.87. The number of urea groups is 1. The van der Waals surface area contributed by atoms with Gasteiger partial charge in [-0.05, 0) is 12.5 Å². The molecule has 1 atom stereocenters. The smallest absolute Gasteiger partial charge is 0.322 e. The SMILES string of the molecule is Nc1c[nH]c(C(=O)N2CCC3(C2)NC(=O)NC3=O)c1. The van der Waals surface area contributed by atoms with Gasteiger partial charge in [0.2, 0.25) is 0 Å². The van der Waals surface area contributed by atoms with Crippen LogP contribution in [-0.4, -0.2) is 46.4 Å². The van der Waals surface area contributed by atoms with Gasteiger partial charge in [-0.25, -0.2) is 4.79 Å². The van der Waals surface area contributed by atoms with E-state index < -0.39 is 11.6 Å². The molecule has 100 valence electrons. The quantitative estimate of drug-likeness (QED) is 0.487. The van der Waals surface area contributed by atoms with E-state index in [4.69, 9.17) is 5.73 Å². The van der Waals surface area contributed by atoms with Crippen LogP contribution < -0.4 is 16.4 Å². The van der Waals surface area contributed by atoms with Gasteiger partial charge in [-0.15, -0.1) is 0 Å². The summed E-state index contributed by atoms with van der Waals surface area (Å²) in [6.45, 7) is 0.577. The Balaban J connectivity index is 1.78. The second kappa shape index (κ2) is 3.74. The molecular formula is C11H13N5O3. The first-order valence-corrected chi connectivity index (χ1v) is 5.87. The lowest BCUT2D eigenvalue weighted by molar-refractivity contribution is -0.123. The summed E-state index contributed by atoms with van der Waals surface area (Å²) in [5.74, 6) is -0.610. The van der Waals surface area contributed by atoms with Crippen LogP contribution in [-0.2, 0) is 4.79 Å². The van der Waals surface area contributed by atoms with E-state index >= 15 is 0 Å². The first-order chi connectivity index (χ1) is 9.00. The van der Waals surface area contributed by atoms with Gasteiger partial charge >= 0.3 is 6.03 Å². The third-order valence-corrected chi connectivity index (χ3v) is 3.51. The predicted octanol–water partition coefficient (Wildman–Crippen LogP) is -0.979. The Morgan fingerprint density at radius 2 is 2.21 bits per heavy atom. The van der Waals surface area contributed by atoms with Crippen LogP contribution >= 0.6 is 0 Å². The maximum Gasteiger partial charge on any atom is 0.322 e. The van der Waals surface area contributed by atoms with Crippen LogP contribution in [0.15, 0.2) is 12.3 Å². The highest BCUT2D eigenvalue weighted by Crippen LogP contribution is 2.25. The highest BCUT2D eigenvalue weighted by molar-refractivity contribution is 6.08. The topological polar surface area (TPSA) is 120 Å². The van der Waals surface area contributed by atoms with Crippen LogP contribution in [0.4, 0.5) is 10.5 Å². The summed E-state index contributed by atoms with van der Waals surface area (Å²) in [7, 11) is 0. The van der Waals surface area contributed by atoms with Crippen molar-refractivity contribution in [1.29, 1.82) is 0 Å². The highest BCUT2D eigenvalue weighted by atomic mass is 16.2. The normalized spacial score (nSPS) is 25.8. The second-order valence-electron chi connectivity index (χ2n) is 4.81. The minimum Gasteiger partial charge on any atom is -0.397 e. The van der Waals surface area contributed by atoms with E-state index in [-0.39, 0.29) is 18.4 Å². The zero-order chi connectivity index (χ0) is 13.6. The van der Waals surface area contributed by atoms with Gasteiger partial charge in [0.1, 0.15) is 11.2 Å². The molecule has 1 unspecified atom stereocenters. The van der Waals surface area contributed by atoms with Crippen LogP contribution in [0, 0.1) is 0 Å². The molecule has 2 fully saturated rings. The van der Waals surface area contributed by atoms with Crippen molar-refractivity contribution in [3.05, 3.63) is 18.0 Å². The van der Waals surface area contributed by atoms with Gasteiger partial charge in [0, 0.05) is 18.4 Å². The van der Waals surface area contributed by atoms with Gasteiger partial charge in [0.05, 0.1) is 6.54 Å². The first kappa shape index (κ1) is 11.6. The summed E-state index contributed by atoms with van der Waals surface area (Å²) in [6.07, 6.45) is 1.94. The van der Waals surface area contributed by atoms with Crippen molar-refractivity contribution in [3.63, 3.8) is 0 Å². The van der Waals surface area contributed by atoms with E-state index in [1.807, 2.05) is 0 Å². The number of hydrogen-bond donors (Lipinski definition) is 4. The Hall–Kier alpha value is -2.51. The predicted molar refractivity (Wildman–Crippen MR) is 65.1 cm³/mol. The summed E-state index contributed by atoms with van der Waals surface area (Å²) in [5.41, 5.74) is 5.42. The van der Waals surface area contributed by atoms with Crippen molar-refractivity contribution in [1.82, 2.24) is 20.5 Å². The summed E-state index contributed by atoms with van der Waals surface area (Å²) in [6, 6.07) is 1.03. The zero-order valence-corrected chi connectivity index (χ0v) is 10.0. The number of aromatic amines is 1. The van der Waals surface area contributed by atoms with Gasteiger partial charge in [-0.3, -0.25) is 14.9 Å². The fourth-order valence-corrected chi connectivity index (χ4v) is 2.50. The van der Waals surface area contributed by atoms with Crippen molar-refractivity contribution in [2.75, 3.05) is 18.8 Å². The number of amides is 4. The zero-order valence-electron chi connectivity index (χ0n) is 10.0. The van der Waals surface area contributed by atoms with E-state index in [1.54, 1.807) is 6.07 Å². The fraction of sp³-hybridized carbons (Fsp3) is 0.364. The van der Waals surface area contributed by atoms with Crippen molar-refractivity contribution in [3.8, 4) is 0 Å². The third kappa shape index (κ3) is 1.72. The van der Waals surface area contributed by atoms with E-state index in [1.165, 1.54) is 11.1 Å². The average Bonchev–Trinajstić information content (AvgIpc) is 3.01. The van der Waals surface area contributed by atoms with Gasteiger partial charge < -0.3 is 20.9 Å². The van der Waals surface area contributed by atoms with Crippen molar-refractivity contribution >= 4 is 23.5 Å². The average molecular weight is 263 g/mol. The number of rotatable bonds is 1. The minimum atomic E-state index is -0.981. The fourth-order valence-electron chi connectivity index (χ4n) is 2.50. The molecule has 1 spiro atoms. The molecule has 8 heteroatoms. The number of nitrogens with zero attached hydrogens (tertiary/aromatic N) is 1. The number of carbonyl (C=O) groups is 3. The number of hydrogen-bond acceptors (Lipinski definition) is 4. The number of imide groups is 1. The molecule has 19 heavy (non-hydrogen) atoms. The molecule has 0 aromatic carbocycles. The molecule has 2 aliphatic rings. The van der Waals surface area contributed by atoms with Crippen LogP contribution in [0.3, 0.4) is 0 Å². The Morgan fingerprint density at radius 1 is 1.42 bits per heavy atom. The number of aromatic nitrogens is 1. The second-order valence-corrected chi connectivity index (χ2v) is 4.81. The molecule has 0 bridgehead atoms. The third-order valence-electron chi connectivity index (χ3n) is 3.51. The van der Waals surface area contributed by atoms with Crippen LogP contribution in [0.1, 0.15) is 16.9 Å². The Morgan fingerprint density at radius 3 is 2.79 bits per heavy atom. The van der Waals surface area contributed by atoms with Gasteiger partial charge in [-0.2, -0.15) is 0 Å². The van der Waals surface area contributed by atoms with Crippen molar-refractivity contribution in [2.24, 2.45) is 0 Å². The maximum atomic E-state index is 12.2. The summed E-state index contributed by atoms with van der Waals surface area (Å²) in [5, 5.41) is 4.79. The molecule has 2 saturated heterocycles. The van der Waals surface area contributed by atoms with E-state index in [0.29, 0.717) is 24.3 Å². The van der Waals surface area contributed by atoms with Gasteiger partial charge in [-0.1, -0.05) is 0 Å². The van der Waals surface area contributed by atoms with E-state index in [9.17, 15) is 14.4 Å². The number of anilines is 1. The highest BCUT2D eigenvalue weighted by Gasteiger charge is 2.51. The monoisotopic (exact) mass is 263 g/mol. The van der Waals surface area contributed by atoms with Crippen LogP contribution in [0.25, 0.3) is 0 Å². The molecule has 1 aromatic heterocycles. The molecule has 2 aliphatic heterocycles. The van der Waals surface area contributed by atoms with E-state index in [0.717, 1.165) is 0 Å². The van der Waals surface area contributed by atoms with Crippen molar-refractivity contribution in [2.45, 2.75) is 12.0 Å². The number of nitrogens with two attached hydrogens (primary N) is 1. The summed E-state index contributed by atoms with van der Waals surface area (Å²) < 4.78 is 0. The molecule has 5 N–H and O–H groups in total. The number of H-pyrrole nitrogens is 1. The number of likely N-dealkylation sites (tertiary alicyclic amines) is 1. The molecular weight excluding hydrogens is 250 g/mol. The molecule has 3 heterocycles. The molecule has 1 aromatic rings. The summed E-state index contributed by atoms with van der Waals surface area (Å²) in [4.78, 5) is 39.4. The lowest BCUT2D eigenvalue weighted by Crippen LogP contribution is -2.49. The molecule has 3 rings (SSSR count). The standard InChI is InChI=1S/C11H13N5O3/c12-6-3-7(13-4-6)8(17)16-2-1-11(5-16)9(18)14-10(19)15-11/h3-4,13H,1-2,5,12H2,(H2,14,15,18,19). The Labute approximate surface area is 108 Å². The molecule has 0 radical (unpaired) electrons. The maximum absolute atomic E-state index is 12.2. The molecule has 4 amide bonds. The lowest BCUT2D eigenvalue weighted by atomic mass is 10.00. The number of carbonyl (C=O) groups excluding carboxylic acids is 3. The molecule has 0 saturated carbocycles. The number of nitrogen functional groups attached to an aromatic ring is 1. The summed E-state index contributed by atoms with van der Waals surface area (Å²) >= 11 is 0. The molecule has 0 aliphatic carbocycles. The van der Waals surface area contributed by atoms with Crippen LogP contribution in [0.2, 0.25) is 0 Å². The largest absolute Gasteiger partial charge is 0.397 e.